The van der Waals surface area contributed by atoms with E-state index in [-0.39, 0.29) is 34.4 Å². The van der Waals surface area contributed by atoms with Gasteiger partial charge in [-0.25, -0.2) is 15.0 Å². The molecule has 2 aromatic carbocycles. The monoisotopic (exact) mass is 519 g/mol. The molecule has 0 fully saturated rings. The second-order valence-electron chi connectivity index (χ2n) is 7.94. The van der Waals surface area contributed by atoms with Crippen LogP contribution in [0, 0.1) is 11.3 Å². The average molecular weight is 519 g/mol. The lowest BCUT2D eigenvalue weighted by Crippen LogP contribution is -2.25. The summed E-state index contributed by atoms with van der Waals surface area (Å²) in [6, 6.07) is 14.7. The lowest BCUT2D eigenvalue weighted by atomic mass is 10.1. The molecule has 39 heavy (non-hydrogen) atoms. The minimum Gasteiger partial charge on any atom is -0.366 e. The number of carbonyl (C=O) groups is 2. The summed E-state index contributed by atoms with van der Waals surface area (Å²) in [5.74, 6) is -1.61. The summed E-state index contributed by atoms with van der Waals surface area (Å²) in [7, 11) is 0. The minimum atomic E-state index is -1.52. The highest BCUT2D eigenvalue weighted by Crippen LogP contribution is 2.26. The summed E-state index contributed by atoms with van der Waals surface area (Å²) in [6.45, 7) is 0. The smallest absolute Gasteiger partial charge is 0.259 e. The zero-order chi connectivity index (χ0) is 27.4. The van der Waals surface area contributed by atoms with Gasteiger partial charge in [-0.15, -0.1) is 5.11 Å². The molecule has 0 radical (unpaired) electrons. The van der Waals surface area contributed by atoms with Crippen molar-refractivity contribution < 1.29 is 9.59 Å². The number of nitrogens with two attached hydrogens (primary N) is 1. The number of aromatic amines is 1. The lowest BCUT2D eigenvalue weighted by Gasteiger charge is -2.14. The van der Waals surface area contributed by atoms with Crippen LogP contribution in [0.5, 0.6) is 0 Å². The zero-order valence-electron chi connectivity index (χ0n) is 19.9. The Bertz CT molecular complexity index is 1840. The molecule has 2 amide bonds. The molecule has 14 heteroatoms. The number of aromatic nitrogens is 6. The second kappa shape index (κ2) is 10.5. The second-order valence-corrected chi connectivity index (χ2v) is 7.94. The van der Waals surface area contributed by atoms with Crippen molar-refractivity contribution in [2.75, 3.05) is 5.32 Å². The highest BCUT2D eigenvalue weighted by atomic mass is 16.2. The van der Waals surface area contributed by atoms with Crippen molar-refractivity contribution >= 4 is 34.2 Å². The van der Waals surface area contributed by atoms with Crippen molar-refractivity contribution in [3.8, 4) is 12.0 Å². The van der Waals surface area contributed by atoms with Crippen molar-refractivity contribution in [2.45, 2.75) is 6.04 Å². The van der Waals surface area contributed by atoms with E-state index in [2.05, 4.69) is 40.6 Å². The lowest BCUT2D eigenvalue weighted by molar-refractivity contribution is -0.117. The SMILES string of the molecule is N#Cc1cnn(-c2ncccn2)c1N=NC(C(=O)Nc1ccccc1C(N)=O)c1nc2ccccc2c(=O)[nH]1. The van der Waals surface area contributed by atoms with Gasteiger partial charge in [0.2, 0.25) is 6.04 Å². The van der Waals surface area contributed by atoms with E-state index in [0.29, 0.717) is 10.9 Å². The highest BCUT2D eigenvalue weighted by Gasteiger charge is 2.26. The van der Waals surface area contributed by atoms with Gasteiger partial charge < -0.3 is 16.0 Å². The predicted octanol–water partition coefficient (Wildman–Crippen LogP) is 2.33. The van der Waals surface area contributed by atoms with E-state index in [1.165, 1.54) is 35.4 Å². The molecule has 0 aliphatic carbocycles. The van der Waals surface area contributed by atoms with Crippen LogP contribution in [0.15, 0.2) is 88.2 Å². The van der Waals surface area contributed by atoms with Crippen LogP contribution in [0.3, 0.4) is 0 Å². The molecule has 0 aliphatic heterocycles. The van der Waals surface area contributed by atoms with Gasteiger partial charge in [0.05, 0.1) is 28.4 Å². The zero-order valence-corrected chi connectivity index (χ0v) is 19.9. The van der Waals surface area contributed by atoms with Crippen LogP contribution < -0.4 is 16.6 Å². The standard InChI is InChI=1S/C25H17N11O3/c26-12-14-13-30-36(25-28-10-5-11-29-25)22(14)35-34-19(21-31-18-9-4-2-7-16(18)23(38)33-21)24(39)32-17-8-3-1-6-15(17)20(27)37/h1-11,13,19H,(H2,27,37)(H,32,39)(H,31,33,38). The van der Waals surface area contributed by atoms with Gasteiger partial charge in [-0.2, -0.15) is 20.2 Å². The Labute approximate surface area is 218 Å². The van der Waals surface area contributed by atoms with Crippen molar-refractivity contribution in [3.05, 3.63) is 100 Å². The summed E-state index contributed by atoms with van der Waals surface area (Å²) >= 11 is 0. The molecular formula is C25H17N11O3. The molecule has 3 aromatic heterocycles. The number of hydrogen-bond acceptors (Lipinski definition) is 10. The number of fused-ring (bicyclic) bond motifs is 1. The Morgan fingerprint density at radius 1 is 1.08 bits per heavy atom. The van der Waals surface area contributed by atoms with Crippen LogP contribution in [0.25, 0.3) is 16.9 Å². The van der Waals surface area contributed by atoms with E-state index < -0.39 is 23.4 Å². The number of nitrogens with one attached hydrogen (secondary N) is 2. The van der Waals surface area contributed by atoms with E-state index in [0.717, 1.165) is 0 Å². The average Bonchev–Trinajstić information content (AvgIpc) is 3.37. The third-order valence-electron chi connectivity index (χ3n) is 5.46. The van der Waals surface area contributed by atoms with Crippen molar-refractivity contribution in [1.82, 2.24) is 29.7 Å². The number of primary amides is 1. The Morgan fingerprint density at radius 3 is 2.59 bits per heavy atom. The van der Waals surface area contributed by atoms with Gasteiger partial charge in [0.25, 0.3) is 23.3 Å². The number of H-pyrrole nitrogens is 1. The van der Waals surface area contributed by atoms with Crippen LogP contribution in [-0.2, 0) is 4.79 Å². The van der Waals surface area contributed by atoms with Gasteiger partial charge in [0.1, 0.15) is 17.5 Å². The Morgan fingerprint density at radius 2 is 1.82 bits per heavy atom. The van der Waals surface area contributed by atoms with Crippen LogP contribution in [0.4, 0.5) is 11.5 Å². The summed E-state index contributed by atoms with van der Waals surface area (Å²) in [6.07, 6.45) is 4.21. The molecule has 0 saturated carbocycles. The molecule has 0 bridgehead atoms. The fourth-order valence-corrected chi connectivity index (χ4v) is 3.65. The maximum absolute atomic E-state index is 13.5. The van der Waals surface area contributed by atoms with Crippen molar-refractivity contribution in [1.29, 1.82) is 5.26 Å². The van der Waals surface area contributed by atoms with Gasteiger partial charge >= 0.3 is 0 Å². The van der Waals surface area contributed by atoms with E-state index in [1.54, 1.807) is 42.5 Å². The first-order chi connectivity index (χ1) is 19.0. The number of anilines is 1. The van der Waals surface area contributed by atoms with Crippen molar-refractivity contribution in [2.24, 2.45) is 16.0 Å². The van der Waals surface area contributed by atoms with Crippen LogP contribution in [-0.4, -0.2) is 41.5 Å². The molecule has 5 aromatic rings. The quantitative estimate of drug-likeness (QED) is 0.271. The van der Waals surface area contributed by atoms with Crippen LogP contribution in [0.1, 0.15) is 27.8 Å². The number of nitriles is 1. The first-order valence-electron chi connectivity index (χ1n) is 11.3. The first-order valence-corrected chi connectivity index (χ1v) is 11.3. The minimum absolute atomic E-state index is 0.0319. The van der Waals surface area contributed by atoms with Crippen LogP contribution >= 0.6 is 0 Å². The predicted molar refractivity (Wildman–Crippen MR) is 137 cm³/mol. The maximum Gasteiger partial charge on any atom is 0.259 e. The highest BCUT2D eigenvalue weighted by molar-refractivity contribution is 6.04. The molecule has 1 atom stereocenters. The van der Waals surface area contributed by atoms with Gasteiger partial charge in [-0.05, 0) is 30.3 Å². The normalized spacial score (nSPS) is 11.8. The summed E-state index contributed by atoms with van der Waals surface area (Å²) in [5, 5.41) is 24.8. The molecule has 3 heterocycles. The molecule has 4 N–H and O–H groups in total. The van der Waals surface area contributed by atoms with Gasteiger partial charge in [0, 0.05) is 12.4 Å². The fourth-order valence-electron chi connectivity index (χ4n) is 3.65. The topological polar surface area (TPSA) is 210 Å². The molecule has 1 unspecified atom stereocenters. The molecule has 0 saturated heterocycles. The van der Waals surface area contributed by atoms with Crippen molar-refractivity contribution in [3.63, 3.8) is 0 Å². The van der Waals surface area contributed by atoms with E-state index in [1.807, 2.05) is 6.07 Å². The number of rotatable bonds is 7. The maximum atomic E-state index is 13.5. The summed E-state index contributed by atoms with van der Waals surface area (Å²) < 4.78 is 1.18. The Balaban J connectivity index is 1.61. The Kier molecular flexibility index (Phi) is 6.61. The molecule has 0 spiro atoms. The van der Waals surface area contributed by atoms with Gasteiger partial charge in [-0.3, -0.25) is 14.4 Å². The first kappa shape index (κ1) is 24.6. The van der Waals surface area contributed by atoms with Crippen LogP contribution in [0.2, 0.25) is 0 Å². The third kappa shape index (κ3) is 4.95. The third-order valence-corrected chi connectivity index (χ3v) is 5.46. The number of azo groups is 1. The van der Waals surface area contributed by atoms with Gasteiger partial charge in [0.15, 0.2) is 5.82 Å². The molecule has 0 aliphatic rings. The van der Waals surface area contributed by atoms with E-state index in [9.17, 15) is 19.6 Å². The van der Waals surface area contributed by atoms with E-state index in [4.69, 9.17) is 5.73 Å². The fraction of sp³-hybridized carbons (Fsp3) is 0.0400. The Hall–Kier alpha value is -6.10. The number of hydrogen-bond donors (Lipinski definition) is 3. The number of nitrogens with zero attached hydrogens (tertiary/aromatic N) is 8. The number of amides is 2. The molecular weight excluding hydrogens is 502 g/mol. The number of carbonyl (C=O) groups excluding carboxylic acids is 2. The largest absolute Gasteiger partial charge is 0.366 e. The molecule has 190 valence electrons. The van der Waals surface area contributed by atoms with Gasteiger partial charge in [-0.1, -0.05) is 24.3 Å². The number of benzene rings is 2. The summed E-state index contributed by atoms with van der Waals surface area (Å²) in [5.41, 5.74) is 5.48. The number of para-hydroxylation sites is 2. The molecule has 5 rings (SSSR count). The van der Waals surface area contributed by atoms with E-state index >= 15 is 0 Å². The molecule has 14 nitrogen and oxygen atoms in total. The summed E-state index contributed by atoms with van der Waals surface area (Å²) in [4.78, 5) is 53.3.